The number of rotatable bonds is 7. The topological polar surface area (TPSA) is 93.1 Å². The van der Waals surface area contributed by atoms with Gasteiger partial charge in [-0.25, -0.2) is 13.2 Å². The summed E-state index contributed by atoms with van der Waals surface area (Å²) < 4.78 is 43.2. The van der Waals surface area contributed by atoms with Crippen molar-refractivity contribution >= 4 is 45.8 Å². The summed E-state index contributed by atoms with van der Waals surface area (Å²) in [5.74, 6) is -4.98. The molecule has 1 aliphatic heterocycles. The molecule has 3 rings (SSSR count). The van der Waals surface area contributed by atoms with Gasteiger partial charge in [-0.3, -0.25) is 14.5 Å². The maximum atomic E-state index is 14.5. The Labute approximate surface area is 196 Å². The molecule has 1 saturated heterocycles. The number of amides is 1. The van der Waals surface area contributed by atoms with Crippen LogP contribution in [0.5, 0.6) is 0 Å². The molecule has 0 saturated carbocycles. The van der Waals surface area contributed by atoms with Gasteiger partial charge < -0.3 is 20.4 Å². The zero-order valence-electron chi connectivity index (χ0n) is 17.2. The molecule has 2 aromatic carbocycles. The minimum atomic E-state index is -1.34. The van der Waals surface area contributed by atoms with Crippen LogP contribution < -0.4 is 5.32 Å². The van der Waals surface area contributed by atoms with E-state index < -0.39 is 46.7 Å². The van der Waals surface area contributed by atoms with Gasteiger partial charge in [-0.15, -0.1) is 0 Å². The Morgan fingerprint density at radius 1 is 1.22 bits per heavy atom. The third-order valence-electron chi connectivity index (χ3n) is 5.34. The van der Waals surface area contributed by atoms with E-state index >= 15 is 0 Å². The van der Waals surface area contributed by atoms with Crippen molar-refractivity contribution in [3.05, 3.63) is 56.9 Å². The van der Waals surface area contributed by atoms with Crippen LogP contribution in [-0.2, 0) is 4.79 Å². The van der Waals surface area contributed by atoms with E-state index in [2.05, 4.69) is 5.32 Å². The third kappa shape index (κ3) is 4.99. The van der Waals surface area contributed by atoms with Crippen molar-refractivity contribution in [1.82, 2.24) is 9.80 Å². The molecule has 3 N–H and O–H groups in total. The van der Waals surface area contributed by atoms with Crippen LogP contribution in [0.3, 0.4) is 0 Å². The number of hydrogen-bond acceptors (Lipinski definition) is 5. The van der Waals surface area contributed by atoms with E-state index in [4.69, 9.17) is 5.11 Å². The van der Waals surface area contributed by atoms with E-state index in [-0.39, 0.29) is 30.9 Å². The maximum absolute atomic E-state index is 14.5. The smallest absolute Gasteiger partial charge is 0.320 e. The first kappa shape index (κ1) is 24.3. The van der Waals surface area contributed by atoms with Crippen LogP contribution in [0.15, 0.2) is 30.3 Å². The Balaban J connectivity index is 1.79. The molecule has 0 aliphatic carbocycles. The lowest BCUT2D eigenvalue weighted by molar-refractivity contribution is -0.145. The largest absolute Gasteiger partial charge is 0.480 e. The van der Waals surface area contributed by atoms with Crippen molar-refractivity contribution in [2.24, 2.45) is 0 Å². The van der Waals surface area contributed by atoms with Crippen molar-refractivity contribution in [1.29, 1.82) is 0 Å². The van der Waals surface area contributed by atoms with E-state index in [9.17, 15) is 27.9 Å². The SMILES string of the molecule is C[C@@H](C(=O)O)N(C)CC1(O)CN(C(=O)c2ccc(F)c(F)c2Nc2ccc(I)cc2F)C1. The number of benzene rings is 2. The molecule has 1 aliphatic rings. The number of hydrogen-bond donors (Lipinski definition) is 3. The number of likely N-dealkylation sites (tertiary alicyclic amines) is 1. The van der Waals surface area contributed by atoms with Crippen LogP contribution in [0.1, 0.15) is 17.3 Å². The number of nitrogens with one attached hydrogen (secondary N) is 1. The number of anilines is 2. The molecular formula is C21H21F3IN3O4. The van der Waals surface area contributed by atoms with Gasteiger partial charge in [0.2, 0.25) is 0 Å². The second kappa shape index (κ2) is 9.24. The second-order valence-corrected chi connectivity index (χ2v) is 9.09. The second-order valence-electron chi connectivity index (χ2n) is 7.85. The predicted molar refractivity (Wildman–Crippen MR) is 119 cm³/mol. The third-order valence-corrected chi connectivity index (χ3v) is 6.01. The van der Waals surface area contributed by atoms with E-state index in [1.807, 2.05) is 22.6 Å². The Morgan fingerprint density at radius 2 is 1.88 bits per heavy atom. The number of carboxylic acids is 1. The number of carboxylic acid groups (broad SMARTS) is 1. The summed E-state index contributed by atoms with van der Waals surface area (Å²) in [6.07, 6.45) is 0. The lowest BCUT2D eigenvalue weighted by atomic mass is 9.92. The summed E-state index contributed by atoms with van der Waals surface area (Å²) in [6, 6.07) is 5.16. The van der Waals surface area contributed by atoms with Gasteiger partial charge in [0.25, 0.3) is 5.91 Å². The Bertz CT molecular complexity index is 1060. The minimum absolute atomic E-state index is 0.000987. The Hall–Kier alpha value is -2.38. The van der Waals surface area contributed by atoms with Crippen LogP contribution >= 0.6 is 22.6 Å². The first-order chi connectivity index (χ1) is 14.9. The first-order valence-corrected chi connectivity index (χ1v) is 10.6. The number of halogens is 4. The van der Waals surface area contributed by atoms with Gasteiger partial charge >= 0.3 is 5.97 Å². The summed E-state index contributed by atoms with van der Waals surface area (Å²) in [7, 11) is 1.54. The van der Waals surface area contributed by atoms with E-state index in [0.29, 0.717) is 3.57 Å². The van der Waals surface area contributed by atoms with E-state index in [1.54, 1.807) is 6.07 Å². The molecule has 7 nitrogen and oxygen atoms in total. The fourth-order valence-electron chi connectivity index (χ4n) is 3.44. The molecule has 1 heterocycles. The van der Waals surface area contributed by atoms with Crippen molar-refractivity contribution < 1.29 is 33.0 Å². The lowest BCUT2D eigenvalue weighted by Gasteiger charge is -2.48. The number of nitrogens with zero attached hydrogens (tertiary/aromatic N) is 2. The molecule has 1 amide bonds. The van der Waals surface area contributed by atoms with Gasteiger partial charge in [-0.05, 0) is 66.9 Å². The summed E-state index contributed by atoms with van der Waals surface area (Å²) in [4.78, 5) is 26.7. The van der Waals surface area contributed by atoms with Crippen molar-refractivity contribution in [2.75, 3.05) is 32.0 Å². The number of carbonyl (C=O) groups excluding carboxylic acids is 1. The van der Waals surface area contributed by atoms with Gasteiger partial charge in [0.15, 0.2) is 11.6 Å². The Morgan fingerprint density at radius 3 is 2.47 bits per heavy atom. The lowest BCUT2D eigenvalue weighted by Crippen LogP contribution is -2.68. The van der Waals surface area contributed by atoms with Gasteiger partial charge in [-0.2, -0.15) is 0 Å². The highest BCUT2D eigenvalue weighted by atomic mass is 127. The van der Waals surface area contributed by atoms with Crippen LogP contribution in [0.4, 0.5) is 24.5 Å². The molecule has 0 aromatic heterocycles. The molecule has 2 aromatic rings. The van der Waals surface area contributed by atoms with Gasteiger partial charge in [0, 0.05) is 10.1 Å². The number of aliphatic hydroxyl groups is 1. The number of carbonyl (C=O) groups is 2. The molecular weight excluding hydrogens is 542 g/mol. The van der Waals surface area contributed by atoms with Gasteiger partial charge in [0.1, 0.15) is 17.5 Å². The standard InChI is InChI=1S/C21H21F3IN3O4/c1-11(20(30)31)27(2)8-21(32)9-28(10-21)19(29)13-4-5-14(22)17(24)18(13)26-16-6-3-12(25)7-15(16)23/h3-7,11,26,32H,8-10H2,1-2H3,(H,30,31)/t11-/m0/s1. The minimum Gasteiger partial charge on any atom is -0.480 e. The summed E-state index contributed by atoms with van der Waals surface area (Å²) in [5, 5.41) is 22.2. The number of likely N-dealkylation sites (N-methyl/N-ethyl adjacent to an activating group) is 1. The maximum Gasteiger partial charge on any atom is 0.320 e. The molecule has 0 unspecified atom stereocenters. The zero-order chi connectivity index (χ0) is 23.8. The van der Waals surface area contributed by atoms with Crippen LogP contribution in [-0.4, -0.2) is 70.2 Å². The molecule has 11 heteroatoms. The van der Waals surface area contributed by atoms with Gasteiger partial charge in [0.05, 0.1) is 30.0 Å². The molecule has 172 valence electrons. The molecule has 1 atom stereocenters. The molecule has 32 heavy (non-hydrogen) atoms. The van der Waals surface area contributed by atoms with Crippen molar-refractivity contribution in [3.63, 3.8) is 0 Å². The summed E-state index contributed by atoms with van der Waals surface area (Å²) in [5.41, 5.74) is -2.21. The Kier molecular flexibility index (Phi) is 7.00. The average Bonchev–Trinajstić information content (AvgIpc) is 2.70. The quantitative estimate of drug-likeness (QED) is 0.449. The van der Waals surface area contributed by atoms with Crippen LogP contribution in [0, 0.1) is 21.0 Å². The van der Waals surface area contributed by atoms with Crippen LogP contribution in [0.25, 0.3) is 0 Å². The molecule has 0 bridgehead atoms. The fraction of sp³-hybridized carbons (Fsp3) is 0.333. The zero-order valence-corrected chi connectivity index (χ0v) is 19.4. The fourth-order valence-corrected chi connectivity index (χ4v) is 3.90. The summed E-state index contributed by atoms with van der Waals surface area (Å²) in [6.45, 7) is 1.22. The van der Waals surface area contributed by atoms with Crippen molar-refractivity contribution in [3.8, 4) is 0 Å². The number of β-amino-alcohol motifs (C(OH)–C–C–N with tert-alkyl or cyclic N) is 1. The number of aliphatic carboxylic acids is 1. The normalized spacial score (nSPS) is 15.9. The van der Waals surface area contributed by atoms with E-state index in [0.717, 1.165) is 12.1 Å². The molecule has 1 fully saturated rings. The molecule has 0 spiro atoms. The average molecular weight is 563 g/mol. The monoisotopic (exact) mass is 563 g/mol. The predicted octanol–water partition coefficient (Wildman–Crippen LogP) is 3.04. The first-order valence-electron chi connectivity index (χ1n) is 9.56. The van der Waals surface area contributed by atoms with Gasteiger partial charge in [-0.1, -0.05) is 0 Å². The highest BCUT2D eigenvalue weighted by molar-refractivity contribution is 14.1. The summed E-state index contributed by atoms with van der Waals surface area (Å²) >= 11 is 1.90. The van der Waals surface area contributed by atoms with E-state index in [1.165, 1.54) is 35.9 Å². The molecule has 0 radical (unpaired) electrons. The highest BCUT2D eigenvalue weighted by Gasteiger charge is 2.45. The van der Waals surface area contributed by atoms with Crippen molar-refractivity contribution in [2.45, 2.75) is 18.6 Å². The highest BCUT2D eigenvalue weighted by Crippen LogP contribution is 2.32. The van der Waals surface area contributed by atoms with Crippen LogP contribution in [0.2, 0.25) is 0 Å².